The average molecular weight is 477 g/mol. The van der Waals surface area contributed by atoms with Gasteiger partial charge in [0.25, 0.3) is 0 Å². The lowest BCUT2D eigenvalue weighted by molar-refractivity contribution is -0.149. The maximum absolute atomic E-state index is 13.4. The van der Waals surface area contributed by atoms with Crippen LogP contribution in [0, 0.1) is 0 Å². The Morgan fingerprint density at radius 3 is 2.52 bits per heavy atom. The van der Waals surface area contributed by atoms with Gasteiger partial charge in [-0.15, -0.1) is 0 Å². The molecule has 0 spiro atoms. The second-order valence-corrected chi connectivity index (χ2v) is 7.35. The lowest BCUT2D eigenvalue weighted by Crippen LogP contribution is -2.16. The van der Waals surface area contributed by atoms with Crippen LogP contribution in [-0.2, 0) is 17.4 Å². The van der Waals surface area contributed by atoms with E-state index in [1.807, 2.05) is 0 Å². The molecule has 1 heterocycles. The van der Waals surface area contributed by atoms with E-state index in [1.54, 1.807) is 24.3 Å². The van der Waals surface area contributed by atoms with E-state index in [-0.39, 0.29) is 27.2 Å². The topological polar surface area (TPSA) is 72.9 Å². The SMILES string of the molecule is NSc1cc(NC(=O)Cc2ccccc2Cl)ccc1-c1cnn(C(F)F)c1C(F)(F)F. The van der Waals surface area contributed by atoms with Crippen LogP contribution in [0.5, 0.6) is 0 Å². The summed E-state index contributed by atoms with van der Waals surface area (Å²) in [7, 11) is 0. The minimum Gasteiger partial charge on any atom is -0.326 e. The Labute approximate surface area is 182 Å². The van der Waals surface area contributed by atoms with Crippen molar-refractivity contribution in [1.29, 1.82) is 0 Å². The predicted molar refractivity (Wildman–Crippen MR) is 108 cm³/mol. The molecule has 0 aliphatic rings. The van der Waals surface area contributed by atoms with Crippen molar-refractivity contribution in [3.05, 3.63) is 64.9 Å². The van der Waals surface area contributed by atoms with Crippen molar-refractivity contribution in [3.8, 4) is 11.1 Å². The van der Waals surface area contributed by atoms with Crippen molar-refractivity contribution in [1.82, 2.24) is 9.78 Å². The Kier molecular flexibility index (Phi) is 6.87. The largest absolute Gasteiger partial charge is 0.433 e. The number of nitrogens with one attached hydrogen (secondary N) is 1. The van der Waals surface area contributed by atoms with Gasteiger partial charge in [0.05, 0.1) is 12.6 Å². The number of nitrogens with zero attached hydrogens (tertiary/aromatic N) is 2. The first-order chi connectivity index (χ1) is 14.6. The van der Waals surface area contributed by atoms with Crippen LogP contribution in [0.1, 0.15) is 17.8 Å². The van der Waals surface area contributed by atoms with Gasteiger partial charge in [0, 0.05) is 26.7 Å². The van der Waals surface area contributed by atoms with Crippen molar-refractivity contribution >= 4 is 35.1 Å². The molecule has 12 heteroatoms. The van der Waals surface area contributed by atoms with Crippen molar-refractivity contribution in [2.24, 2.45) is 5.14 Å². The van der Waals surface area contributed by atoms with Crippen LogP contribution < -0.4 is 10.5 Å². The molecule has 0 atom stereocenters. The van der Waals surface area contributed by atoms with Gasteiger partial charge in [-0.1, -0.05) is 35.9 Å². The Morgan fingerprint density at radius 1 is 1.19 bits per heavy atom. The van der Waals surface area contributed by atoms with Crippen molar-refractivity contribution in [2.75, 3.05) is 5.32 Å². The molecule has 3 rings (SSSR count). The highest BCUT2D eigenvalue weighted by Gasteiger charge is 2.40. The van der Waals surface area contributed by atoms with E-state index >= 15 is 0 Å². The number of benzene rings is 2. The van der Waals surface area contributed by atoms with Crippen LogP contribution in [0.2, 0.25) is 5.02 Å². The van der Waals surface area contributed by atoms with Crippen LogP contribution in [0.15, 0.2) is 53.6 Å². The fourth-order valence-corrected chi connectivity index (χ4v) is 3.63. The minimum atomic E-state index is -5.07. The number of carbonyl (C=O) groups is 1. The predicted octanol–water partition coefficient (Wildman–Crippen LogP) is 5.76. The van der Waals surface area contributed by atoms with Gasteiger partial charge in [0.2, 0.25) is 5.91 Å². The maximum atomic E-state index is 13.4. The van der Waals surface area contributed by atoms with E-state index < -0.39 is 29.9 Å². The van der Waals surface area contributed by atoms with Gasteiger partial charge in [-0.2, -0.15) is 31.7 Å². The minimum absolute atomic E-state index is 0.0219. The molecule has 0 unspecified atom stereocenters. The standard InChI is InChI=1S/C19H14ClF5N4OS/c20-14-4-2-1-3-10(14)7-16(30)28-11-5-6-12(15(8-11)31-26)13-9-27-29(18(21)22)17(13)19(23,24)25/h1-6,8-9,18H,7,26H2,(H,28,30). The van der Waals surface area contributed by atoms with Gasteiger partial charge >= 0.3 is 12.7 Å². The van der Waals surface area contributed by atoms with E-state index in [0.717, 1.165) is 0 Å². The number of hydrogen-bond acceptors (Lipinski definition) is 4. The zero-order valence-electron chi connectivity index (χ0n) is 15.5. The number of alkyl halides is 5. The van der Waals surface area contributed by atoms with E-state index in [2.05, 4.69) is 10.4 Å². The summed E-state index contributed by atoms with van der Waals surface area (Å²) in [6.45, 7) is -3.47. The second-order valence-electron chi connectivity index (χ2n) is 6.27. The first-order valence-electron chi connectivity index (χ1n) is 8.59. The molecular formula is C19H14ClF5N4OS. The number of hydrogen-bond donors (Lipinski definition) is 2. The van der Waals surface area contributed by atoms with Gasteiger partial charge in [-0.25, -0.2) is 0 Å². The molecule has 0 saturated carbocycles. The van der Waals surface area contributed by atoms with Gasteiger partial charge < -0.3 is 5.32 Å². The highest BCUT2D eigenvalue weighted by molar-refractivity contribution is 7.97. The van der Waals surface area contributed by atoms with Crippen molar-refractivity contribution in [2.45, 2.75) is 24.0 Å². The Bertz CT molecular complexity index is 1100. The van der Waals surface area contributed by atoms with Gasteiger partial charge in [0.15, 0.2) is 5.69 Å². The normalized spacial score (nSPS) is 11.7. The number of carbonyl (C=O) groups excluding carboxylic acids is 1. The van der Waals surface area contributed by atoms with Gasteiger partial charge in [0.1, 0.15) is 0 Å². The van der Waals surface area contributed by atoms with Gasteiger partial charge in [-0.3, -0.25) is 9.93 Å². The third-order valence-electron chi connectivity index (χ3n) is 4.24. The van der Waals surface area contributed by atoms with Crippen LogP contribution in [0.3, 0.4) is 0 Å². The monoisotopic (exact) mass is 476 g/mol. The number of aromatic nitrogens is 2. The summed E-state index contributed by atoms with van der Waals surface area (Å²) < 4.78 is 65.9. The average Bonchev–Trinajstić information content (AvgIpc) is 3.15. The molecule has 3 N–H and O–H groups in total. The van der Waals surface area contributed by atoms with E-state index in [4.69, 9.17) is 16.7 Å². The van der Waals surface area contributed by atoms with Gasteiger partial charge in [-0.05, 0) is 35.7 Å². The Morgan fingerprint density at radius 2 is 1.90 bits per heavy atom. The Balaban J connectivity index is 1.91. The fourth-order valence-electron chi connectivity index (χ4n) is 2.93. The smallest absolute Gasteiger partial charge is 0.326 e. The quantitative estimate of drug-likeness (QED) is 0.350. The highest BCUT2D eigenvalue weighted by atomic mass is 35.5. The van der Waals surface area contributed by atoms with E-state index in [0.29, 0.717) is 28.7 Å². The number of rotatable bonds is 6. The summed E-state index contributed by atoms with van der Waals surface area (Å²) >= 11 is 6.64. The molecule has 0 bridgehead atoms. The number of anilines is 1. The lowest BCUT2D eigenvalue weighted by atomic mass is 10.1. The third kappa shape index (κ3) is 5.17. The lowest BCUT2D eigenvalue weighted by Gasteiger charge is -2.14. The zero-order chi connectivity index (χ0) is 22.8. The molecule has 3 aromatic rings. The number of halogens is 6. The summed E-state index contributed by atoms with van der Waals surface area (Å²) in [5, 5.41) is 11.8. The summed E-state index contributed by atoms with van der Waals surface area (Å²) in [6, 6.07) is 10.7. The summed E-state index contributed by atoms with van der Waals surface area (Å²) in [4.78, 5) is 12.4. The molecule has 0 aliphatic heterocycles. The van der Waals surface area contributed by atoms with E-state index in [1.165, 1.54) is 18.2 Å². The number of amides is 1. The molecule has 0 saturated heterocycles. The highest BCUT2D eigenvalue weighted by Crippen LogP contribution is 2.41. The summed E-state index contributed by atoms with van der Waals surface area (Å²) in [6.07, 6.45) is -4.38. The molecule has 164 valence electrons. The Hall–Kier alpha value is -2.63. The molecule has 2 aromatic carbocycles. The molecule has 31 heavy (non-hydrogen) atoms. The summed E-state index contributed by atoms with van der Waals surface area (Å²) in [5.41, 5.74) is -1.32. The molecule has 5 nitrogen and oxygen atoms in total. The van der Waals surface area contributed by atoms with Crippen molar-refractivity contribution in [3.63, 3.8) is 0 Å². The van der Waals surface area contributed by atoms with Crippen molar-refractivity contribution < 1.29 is 26.7 Å². The second kappa shape index (κ2) is 9.25. The van der Waals surface area contributed by atoms with Crippen LogP contribution in [-0.4, -0.2) is 15.7 Å². The van der Waals surface area contributed by atoms with Crippen LogP contribution >= 0.6 is 23.5 Å². The summed E-state index contributed by atoms with van der Waals surface area (Å²) in [5.74, 6) is -0.407. The zero-order valence-corrected chi connectivity index (χ0v) is 17.0. The first kappa shape index (κ1) is 23.0. The van der Waals surface area contributed by atoms with E-state index in [9.17, 15) is 26.7 Å². The molecule has 0 fully saturated rings. The van der Waals surface area contributed by atoms with Crippen LogP contribution in [0.25, 0.3) is 11.1 Å². The van der Waals surface area contributed by atoms with Crippen LogP contribution in [0.4, 0.5) is 27.6 Å². The maximum Gasteiger partial charge on any atom is 0.433 e. The molecule has 0 radical (unpaired) electrons. The number of nitrogens with two attached hydrogens (primary N) is 1. The molecule has 1 amide bonds. The molecular weight excluding hydrogens is 463 g/mol. The molecule has 1 aromatic heterocycles. The fraction of sp³-hybridized carbons (Fsp3) is 0.158. The molecule has 0 aliphatic carbocycles. The first-order valence-corrected chi connectivity index (χ1v) is 9.85. The third-order valence-corrected chi connectivity index (χ3v) is 5.20.